The Bertz CT molecular complexity index is 985. The highest BCUT2D eigenvalue weighted by molar-refractivity contribution is 5.85. The highest BCUT2D eigenvalue weighted by atomic mass is 15.3. The van der Waals surface area contributed by atoms with Gasteiger partial charge in [0.05, 0.1) is 5.69 Å². The van der Waals surface area contributed by atoms with Crippen LogP contribution in [0, 0.1) is 0 Å². The number of hydrogen-bond acceptors (Lipinski definition) is 3. The highest BCUT2D eigenvalue weighted by Gasteiger charge is 2.13. The van der Waals surface area contributed by atoms with Gasteiger partial charge < -0.3 is 0 Å². The van der Waals surface area contributed by atoms with Gasteiger partial charge in [0, 0.05) is 12.6 Å². The minimum atomic E-state index is 0.318. The van der Waals surface area contributed by atoms with Gasteiger partial charge in [-0.15, -0.1) is 0 Å². The molecule has 1 unspecified atom stereocenters. The van der Waals surface area contributed by atoms with Crippen LogP contribution in [0.15, 0.2) is 79.4 Å². The summed E-state index contributed by atoms with van der Waals surface area (Å²) in [7, 11) is 2.18. The van der Waals surface area contributed by atoms with Crippen LogP contribution in [0.3, 0.4) is 0 Å². The summed E-state index contributed by atoms with van der Waals surface area (Å²) in [6, 6.07) is 23.9. The first kappa shape index (κ1) is 16.5. The number of aromatic nitrogens is 3. The quantitative estimate of drug-likeness (QED) is 0.531. The van der Waals surface area contributed by atoms with Gasteiger partial charge in [-0.25, -0.2) is 9.67 Å². The zero-order valence-corrected chi connectivity index (χ0v) is 15.1. The normalized spacial score (nSPS) is 12.6. The van der Waals surface area contributed by atoms with Gasteiger partial charge in [0.1, 0.15) is 12.7 Å². The largest absolute Gasteiger partial charge is 0.295 e. The van der Waals surface area contributed by atoms with Crippen LogP contribution >= 0.6 is 0 Å². The van der Waals surface area contributed by atoms with Gasteiger partial charge in [-0.1, -0.05) is 54.6 Å². The van der Waals surface area contributed by atoms with Gasteiger partial charge in [-0.05, 0) is 48.0 Å². The van der Waals surface area contributed by atoms with Crippen molar-refractivity contribution in [3.63, 3.8) is 0 Å². The molecule has 1 aromatic heterocycles. The molecule has 1 atom stereocenters. The summed E-state index contributed by atoms with van der Waals surface area (Å²) in [5.41, 5.74) is 3.67. The summed E-state index contributed by atoms with van der Waals surface area (Å²) in [5, 5.41) is 6.80. The van der Waals surface area contributed by atoms with Crippen LogP contribution in [-0.4, -0.2) is 26.7 Å². The van der Waals surface area contributed by atoms with E-state index in [0.717, 1.165) is 12.2 Å². The van der Waals surface area contributed by atoms with E-state index in [1.54, 1.807) is 17.3 Å². The van der Waals surface area contributed by atoms with Crippen molar-refractivity contribution in [2.45, 2.75) is 19.5 Å². The standard InChI is InChI=1S/C22H22N4/c1-17(18-10-12-21(13-11-18)26-16-23-15-24-26)25(2)14-20-8-5-7-19-6-3-4-9-22(19)20/h3-13,15-17H,14H2,1-2H3. The van der Waals surface area contributed by atoms with E-state index >= 15 is 0 Å². The van der Waals surface area contributed by atoms with Crippen LogP contribution < -0.4 is 0 Å². The third-order valence-electron chi connectivity index (χ3n) is 5.02. The van der Waals surface area contributed by atoms with Gasteiger partial charge in [0.2, 0.25) is 0 Å². The van der Waals surface area contributed by atoms with Gasteiger partial charge in [-0.2, -0.15) is 5.10 Å². The van der Waals surface area contributed by atoms with Crippen LogP contribution in [0.2, 0.25) is 0 Å². The molecule has 1 heterocycles. The Morgan fingerprint density at radius 1 is 0.962 bits per heavy atom. The number of hydrogen-bond donors (Lipinski definition) is 0. The average Bonchev–Trinajstić information content (AvgIpc) is 3.23. The second kappa shape index (κ2) is 7.10. The molecule has 0 spiro atoms. The van der Waals surface area contributed by atoms with E-state index in [0.29, 0.717) is 6.04 Å². The predicted molar refractivity (Wildman–Crippen MR) is 105 cm³/mol. The molecular formula is C22H22N4. The fourth-order valence-electron chi connectivity index (χ4n) is 3.34. The third-order valence-corrected chi connectivity index (χ3v) is 5.02. The molecule has 130 valence electrons. The van der Waals surface area contributed by atoms with Crippen molar-refractivity contribution >= 4 is 10.8 Å². The monoisotopic (exact) mass is 342 g/mol. The van der Waals surface area contributed by atoms with Gasteiger partial charge in [0.25, 0.3) is 0 Å². The molecule has 0 radical (unpaired) electrons. The minimum absolute atomic E-state index is 0.318. The molecule has 4 rings (SSSR count). The van der Waals surface area contributed by atoms with E-state index in [1.807, 2.05) is 0 Å². The highest BCUT2D eigenvalue weighted by Crippen LogP contribution is 2.25. The number of fused-ring (bicyclic) bond motifs is 1. The molecule has 0 bridgehead atoms. The second-order valence-electron chi connectivity index (χ2n) is 6.66. The molecule has 0 N–H and O–H groups in total. The van der Waals surface area contributed by atoms with E-state index in [4.69, 9.17) is 0 Å². The van der Waals surface area contributed by atoms with Crippen molar-refractivity contribution < 1.29 is 0 Å². The summed E-state index contributed by atoms with van der Waals surface area (Å²) >= 11 is 0. The van der Waals surface area contributed by atoms with E-state index in [9.17, 15) is 0 Å². The number of nitrogens with zero attached hydrogens (tertiary/aromatic N) is 4. The zero-order chi connectivity index (χ0) is 17.9. The molecule has 0 aliphatic heterocycles. The SMILES string of the molecule is CC(c1ccc(-n2cncn2)cc1)N(C)Cc1cccc2ccccc12. The van der Waals surface area contributed by atoms with Crippen molar-refractivity contribution in [3.8, 4) is 5.69 Å². The summed E-state index contributed by atoms with van der Waals surface area (Å²) in [5.74, 6) is 0. The molecule has 0 amide bonds. The zero-order valence-electron chi connectivity index (χ0n) is 15.1. The number of benzene rings is 3. The Balaban J connectivity index is 1.53. The van der Waals surface area contributed by atoms with Crippen LogP contribution in [0.1, 0.15) is 24.1 Å². The Labute approximate surface area is 153 Å². The van der Waals surface area contributed by atoms with Crippen molar-refractivity contribution in [1.29, 1.82) is 0 Å². The molecule has 0 fully saturated rings. The maximum Gasteiger partial charge on any atom is 0.138 e. The molecule has 0 aliphatic carbocycles. The van der Waals surface area contributed by atoms with Gasteiger partial charge in [-0.3, -0.25) is 4.90 Å². The van der Waals surface area contributed by atoms with E-state index < -0.39 is 0 Å². The fourth-order valence-corrected chi connectivity index (χ4v) is 3.34. The van der Waals surface area contributed by atoms with Gasteiger partial charge >= 0.3 is 0 Å². The molecule has 0 saturated carbocycles. The fraction of sp³-hybridized carbons (Fsp3) is 0.182. The maximum atomic E-state index is 4.18. The molecule has 4 aromatic rings. The Kier molecular flexibility index (Phi) is 4.50. The van der Waals surface area contributed by atoms with Gasteiger partial charge in [0.15, 0.2) is 0 Å². The molecule has 3 aromatic carbocycles. The van der Waals surface area contributed by atoms with E-state index in [2.05, 4.69) is 95.7 Å². The van der Waals surface area contributed by atoms with Crippen LogP contribution in [0.4, 0.5) is 0 Å². The summed E-state index contributed by atoms with van der Waals surface area (Å²) in [4.78, 5) is 6.38. The van der Waals surface area contributed by atoms with Crippen LogP contribution in [0.25, 0.3) is 16.5 Å². The first-order chi connectivity index (χ1) is 12.7. The summed E-state index contributed by atoms with van der Waals surface area (Å²) in [6.07, 6.45) is 3.26. The second-order valence-corrected chi connectivity index (χ2v) is 6.66. The molecule has 4 nitrogen and oxygen atoms in total. The van der Waals surface area contributed by atoms with Crippen LogP contribution in [-0.2, 0) is 6.54 Å². The molecular weight excluding hydrogens is 320 g/mol. The smallest absolute Gasteiger partial charge is 0.138 e. The summed E-state index contributed by atoms with van der Waals surface area (Å²) < 4.78 is 1.77. The third kappa shape index (κ3) is 3.24. The lowest BCUT2D eigenvalue weighted by Crippen LogP contribution is -2.22. The lowest BCUT2D eigenvalue weighted by Gasteiger charge is -2.26. The minimum Gasteiger partial charge on any atom is -0.295 e. The summed E-state index contributed by atoms with van der Waals surface area (Å²) in [6.45, 7) is 3.16. The molecule has 0 saturated heterocycles. The topological polar surface area (TPSA) is 34.0 Å². The Morgan fingerprint density at radius 2 is 1.73 bits per heavy atom. The van der Waals surface area contributed by atoms with E-state index in [-0.39, 0.29) is 0 Å². The lowest BCUT2D eigenvalue weighted by molar-refractivity contribution is 0.254. The van der Waals surface area contributed by atoms with Crippen molar-refractivity contribution in [2.24, 2.45) is 0 Å². The first-order valence-corrected chi connectivity index (χ1v) is 8.84. The predicted octanol–water partition coefficient (Wildman–Crippen LogP) is 4.61. The van der Waals surface area contributed by atoms with E-state index in [1.165, 1.54) is 21.9 Å². The Hall–Kier alpha value is -2.98. The molecule has 0 aliphatic rings. The van der Waals surface area contributed by atoms with Crippen molar-refractivity contribution in [1.82, 2.24) is 19.7 Å². The molecule has 26 heavy (non-hydrogen) atoms. The van der Waals surface area contributed by atoms with Crippen molar-refractivity contribution in [3.05, 3.63) is 90.5 Å². The first-order valence-electron chi connectivity index (χ1n) is 8.84. The number of rotatable bonds is 5. The maximum absolute atomic E-state index is 4.18. The average molecular weight is 342 g/mol. The Morgan fingerprint density at radius 3 is 2.50 bits per heavy atom. The van der Waals surface area contributed by atoms with Crippen LogP contribution in [0.5, 0.6) is 0 Å². The lowest BCUT2D eigenvalue weighted by atomic mass is 10.0. The molecule has 4 heteroatoms. The van der Waals surface area contributed by atoms with Crippen molar-refractivity contribution in [2.75, 3.05) is 7.05 Å².